The molecule has 7 heteroatoms. The van der Waals surface area contributed by atoms with Gasteiger partial charge in [-0.2, -0.15) is 0 Å². The summed E-state index contributed by atoms with van der Waals surface area (Å²) < 4.78 is 22.1. The van der Waals surface area contributed by atoms with Crippen LogP contribution in [0.25, 0.3) is 0 Å². The summed E-state index contributed by atoms with van der Waals surface area (Å²) >= 11 is 5.52. The van der Waals surface area contributed by atoms with E-state index in [1.807, 2.05) is 30.3 Å². The molecular weight excluding hydrogens is 328 g/mol. The minimum atomic E-state index is 0.573. The van der Waals surface area contributed by atoms with Gasteiger partial charge in [-0.05, 0) is 24.4 Å². The third-order valence-electron chi connectivity index (χ3n) is 3.44. The fourth-order valence-corrected chi connectivity index (χ4v) is 2.45. The Morgan fingerprint density at radius 3 is 1.71 bits per heavy atom. The van der Waals surface area contributed by atoms with E-state index < -0.39 is 0 Å². The summed E-state index contributed by atoms with van der Waals surface area (Å²) in [6.45, 7) is 6.07. The first-order valence-corrected chi connectivity index (χ1v) is 8.69. The van der Waals surface area contributed by atoms with Gasteiger partial charge >= 0.3 is 0 Å². The van der Waals surface area contributed by atoms with Crippen LogP contribution in [0.15, 0.2) is 30.3 Å². The lowest BCUT2D eigenvalue weighted by Gasteiger charge is -2.25. The molecule has 0 aliphatic carbocycles. The first-order chi connectivity index (χ1) is 11.9. The Bertz CT molecular complexity index is 445. The van der Waals surface area contributed by atoms with E-state index in [9.17, 15) is 0 Å². The number of hydrogen-bond donors (Lipinski definition) is 1. The quantitative estimate of drug-likeness (QED) is 0.771. The molecule has 134 valence electrons. The van der Waals surface area contributed by atoms with Crippen molar-refractivity contribution in [2.45, 2.75) is 0 Å². The minimum absolute atomic E-state index is 0.573. The average molecular weight is 354 g/mol. The summed E-state index contributed by atoms with van der Waals surface area (Å²) in [5.41, 5.74) is 0.974. The number of anilines is 1. The molecule has 1 aromatic rings. The van der Waals surface area contributed by atoms with Crippen LogP contribution in [0.3, 0.4) is 0 Å². The van der Waals surface area contributed by atoms with Crippen LogP contribution in [0.5, 0.6) is 0 Å². The molecule has 1 heterocycles. The molecule has 0 unspecified atom stereocenters. The molecule has 0 saturated carbocycles. The van der Waals surface area contributed by atoms with Crippen LogP contribution >= 0.6 is 12.2 Å². The highest BCUT2D eigenvalue weighted by Gasteiger charge is 2.10. The Morgan fingerprint density at radius 1 is 0.750 bits per heavy atom. The van der Waals surface area contributed by atoms with Gasteiger partial charge in [-0.1, -0.05) is 18.2 Å². The van der Waals surface area contributed by atoms with Crippen molar-refractivity contribution in [1.29, 1.82) is 0 Å². The lowest BCUT2D eigenvalue weighted by atomic mass is 10.3. The van der Waals surface area contributed by atoms with Crippen molar-refractivity contribution in [3.63, 3.8) is 0 Å². The Hall–Kier alpha value is -1.25. The molecule has 1 N–H and O–H groups in total. The topological polar surface area (TPSA) is 52.2 Å². The zero-order chi connectivity index (χ0) is 16.9. The number of hydrogen-bond acceptors (Lipinski definition) is 5. The van der Waals surface area contributed by atoms with Crippen LogP contribution in [-0.4, -0.2) is 76.0 Å². The number of para-hydroxylation sites is 1. The molecule has 0 amide bonds. The lowest BCUT2D eigenvalue weighted by Crippen LogP contribution is -2.39. The van der Waals surface area contributed by atoms with Crippen LogP contribution in [0, 0.1) is 0 Å². The summed E-state index contributed by atoms with van der Waals surface area (Å²) in [6, 6.07) is 9.90. The number of rotatable bonds is 1. The molecule has 0 bridgehead atoms. The molecule has 6 nitrogen and oxygen atoms in total. The van der Waals surface area contributed by atoms with E-state index in [1.165, 1.54) is 0 Å². The van der Waals surface area contributed by atoms with Gasteiger partial charge in [0.25, 0.3) is 0 Å². The van der Waals surface area contributed by atoms with E-state index in [4.69, 9.17) is 31.2 Å². The summed E-state index contributed by atoms with van der Waals surface area (Å²) in [5.74, 6) is 0. The molecule has 0 spiro atoms. The number of nitrogens with one attached hydrogen (secondary N) is 1. The summed E-state index contributed by atoms with van der Waals surface area (Å²) in [6.07, 6.45) is 0. The third kappa shape index (κ3) is 8.03. The summed E-state index contributed by atoms with van der Waals surface area (Å²) in [7, 11) is 0. The van der Waals surface area contributed by atoms with E-state index in [0.717, 1.165) is 5.69 Å². The molecule has 24 heavy (non-hydrogen) atoms. The average Bonchev–Trinajstić information content (AvgIpc) is 2.61. The maximum Gasteiger partial charge on any atom is 0.173 e. The van der Waals surface area contributed by atoms with Crippen LogP contribution in [0.1, 0.15) is 0 Å². The third-order valence-corrected chi connectivity index (χ3v) is 3.80. The number of thiocarbonyl (C=S) groups is 1. The normalized spacial score (nSPS) is 19.1. The minimum Gasteiger partial charge on any atom is -0.377 e. The van der Waals surface area contributed by atoms with E-state index in [-0.39, 0.29) is 0 Å². The predicted octanol–water partition coefficient (Wildman–Crippen LogP) is 1.77. The predicted molar refractivity (Wildman–Crippen MR) is 97.5 cm³/mol. The Labute approximate surface area is 149 Å². The largest absolute Gasteiger partial charge is 0.377 e. The van der Waals surface area contributed by atoms with Crippen molar-refractivity contribution in [2.75, 3.05) is 71.3 Å². The number of benzene rings is 1. The standard InChI is InChI=1S/C17H26N2O4S/c24-17(18-16-4-2-1-3-5-16)19-6-8-20-10-12-22-14-15-23-13-11-21-9-7-19/h1-5H,6-15H2,(H,18,24). The molecule has 0 aromatic heterocycles. The van der Waals surface area contributed by atoms with Crippen molar-refractivity contribution in [3.05, 3.63) is 30.3 Å². The molecule has 1 aliphatic rings. The molecule has 1 fully saturated rings. The fraction of sp³-hybridized carbons (Fsp3) is 0.588. The molecule has 1 aromatic carbocycles. The van der Waals surface area contributed by atoms with Crippen molar-refractivity contribution in [2.24, 2.45) is 0 Å². The van der Waals surface area contributed by atoms with Gasteiger partial charge in [-0.15, -0.1) is 0 Å². The SMILES string of the molecule is S=C(Nc1ccccc1)N1CCOCCOCCOCCOCC1. The fourth-order valence-electron chi connectivity index (χ4n) is 2.15. The molecular formula is C17H26N2O4S. The molecule has 0 radical (unpaired) electrons. The first-order valence-electron chi connectivity index (χ1n) is 8.28. The van der Waals surface area contributed by atoms with E-state index >= 15 is 0 Å². The highest BCUT2D eigenvalue weighted by molar-refractivity contribution is 7.80. The molecule has 0 atom stereocenters. The van der Waals surface area contributed by atoms with E-state index in [2.05, 4.69) is 10.2 Å². The Balaban J connectivity index is 1.82. The second-order valence-electron chi connectivity index (χ2n) is 5.23. The molecule has 1 saturated heterocycles. The smallest absolute Gasteiger partial charge is 0.173 e. The summed E-state index contributed by atoms with van der Waals surface area (Å²) in [4.78, 5) is 2.06. The van der Waals surface area contributed by atoms with Gasteiger partial charge in [0.05, 0.1) is 52.9 Å². The van der Waals surface area contributed by atoms with Crippen molar-refractivity contribution in [1.82, 2.24) is 4.90 Å². The van der Waals surface area contributed by atoms with Gasteiger partial charge in [0.15, 0.2) is 5.11 Å². The van der Waals surface area contributed by atoms with Crippen molar-refractivity contribution >= 4 is 23.0 Å². The molecule has 2 rings (SSSR count). The Morgan fingerprint density at radius 2 is 1.21 bits per heavy atom. The highest BCUT2D eigenvalue weighted by Crippen LogP contribution is 2.07. The highest BCUT2D eigenvalue weighted by atomic mass is 32.1. The maximum absolute atomic E-state index is 5.60. The van der Waals surface area contributed by atoms with Crippen LogP contribution in [0.2, 0.25) is 0 Å². The second kappa shape index (κ2) is 12.2. The van der Waals surface area contributed by atoms with Gasteiger partial charge in [0.1, 0.15) is 0 Å². The van der Waals surface area contributed by atoms with E-state index in [0.29, 0.717) is 71.1 Å². The van der Waals surface area contributed by atoms with Crippen molar-refractivity contribution in [3.8, 4) is 0 Å². The van der Waals surface area contributed by atoms with Crippen LogP contribution in [0.4, 0.5) is 5.69 Å². The molecule has 1 aliphatic heterocycles. The zero-order valence-electron chi connectivity index (χ0n) is 13.9. The van der Waals surface area contributed by atoms with Gasteiger partial charge < -0.3 is 29.2 Å². The number of nitrogens with zero attached hydrogens (tertiary/aromatic N) is 1. The second-order valence-corrected chi connectivity index (χ2v) is 5.62. The monoisotopic (exact) mass is 354 g/mol. The zero-order valence-corrected chi connectivity index (χ0v) is 14.8. The van der Waals surface area contributed by atoms with Crippen LogP contribution < -0.4 is 5.32 Å². The van der Waals surface area contributed by atoms with Crippen LogP contribution in [-0.2, 0) is 18.9 Å². The van der Waals surface area contributed by atoms with Gasteiger partial charge in [0.2, 0.25) is 0 Å². The lowest BCUT2D eigenvalue weighted by molar-refractivity contribution is 0.00206. The van der Waals surface area contributed by atoms with Gasteiger partial charge in [-0.25, -0.2) is 0 Å². The van der Waals surface area contributed by atoms with Gasteiger partial charge in [-0.3, -0.25) is 0 Å². The Kier molecular flexibility index (Phi) is 9.67. The summed E-state index contributed by atoms with van der Waals surface area (Å²) in [5, 5.41) is 3.92. The first kappa shape index (κ1) is 19.1. The number of ether oxygens (including phenoxy) is 4. The van der Waals surface area contributed by atoms with Gasteiger partial charge in [0, 0.05) is 18.8 Å². The maximum atomic E-state index is 5.60. The van der Waals surface area contributed by atoms with Crippen molar-refractivity contribution < 1.29 is 18.9 Å². The van der Waals surface area contributed by atoms with E-state index in [1.54, 1.807) is 0 Å².